The summed E-state index contributed by atoms with van der Waals surface area (Å²) in [5, 5.41) is 17.4. The number of para-hydroxylation sites is 1. The van der Waals surface area contributed by atoms with Crippen LogP contribution in [0.3, 0.4) is 0 Å². The van der Waals surface area contributed by atoms with Crippen LogP contribution in [0.1, 0.15) is 45.2 Å². The minimum absolute atomic E-state index is 0. The van der Waals surface area contributed by atoms with Crippen molar-refractivity contribution in [3.8, 4) is 22.5 Å². The Hall–Kier alpha value is -4.37. The number of amides is 2. The third kappa shape index (κ3) is 6.38. The van der Waals surface area contributed by atoms with Crippen molar-refractivity contribution in [1.29, 1.82) is 0 Å². The van der Waals surface area contributed by atoms with Crippen molar-refractivity contribution in [2.45, 2.75) is 58.7 Å². The lowest BCUT2D eigenvalue weighted by Crippen LogP contribution is -2.49. The van der Waals surface area contributed by atoms with Gasteiger partial charge in [0.2, 0.25) is 17.6 Å². The van der Waals surface area contributed by atoms with Crippen LogP contribution in [0.5, 0.6) is 0 Å². The van der Waals surface area contributed by atoms with Crippen molar-refractivity contribution < 1.29 is 9.59 Å². The monoisotopic (exact) mass is 525 g/mol. The molecule has 0 saturated heterocycles. The van der Waals surface area contributed by atoms with E-state index in [2.05, 4.69) is 25.9 Å². The molecule has 0 aliphatic carbocycles. The summed E-state index contributed by atoms with van der Waals surface area (Å²) in [6.45, 7) is 3.99. The first kappa shape index (κ1) is 27.7. The van der Waals surface area contributed by atoms with Crippen LogP contribution in [-0.4, -0.2) is 44.0 Å². The number of hydrogen-bond donors (Lipinski definition) is 3. The predicted octanol–water partition coefficient (Wildman–Crippen LogP) is 4.26. The van der Waals surface area contributed by atoms with E-state index in [0.29, 0.717) is 25.2 Å². The molecule has 0 unspecified atom stereocenters. The van der Waals surface area contributed by atoms with E-state index in [1.165, 1.54) is 0 Å². The Balaban J connectivity index is 0.00000353. The van der Waals surface area contributed by atoms with Gasteiger partial charge in [-0.2, -0.15) is 5.21 Å². The van der Waals surface area contributed by atoms with Crippen LogP contribution in [-0.2, 0) is 22.6 Å². The van der Waals surface area contributed by atoms with Crippen LogP contribution in [0.15, 0.2) is 72.8 Å². The number of anilines is 1. The molecule has 1 aromatic heterocycles. The number of aryl methyl sites for hydroxylation is 1. The molecule has 2 heterocycles. The zero-order valence-electron chi connectivity index (χ0n) is 21.5. The van der Waals surface area contributed by atoms with E-state index in [4.69, 9.17) is 5.73 Å². The minimum atomic E-state index is -0.648. The van der Waals surface area contributed by atoms with Gasteiger partial charge in [0.05, 0.1) is 6.54 Å². The molecule has 9 heteroatoms. The number of nitrogens with two attached hydrogens (primary N) is 1. The highest BCUT2D eigenvalue weighted by Gasteiger charge is 2.32. The first-order valence-corrected chi connectivity index (χ1v) is 12.7. The molecule has 4 N–H and O–H groups in total. The summed E-state index contributed by atoms with van der Waals surface area (Å²) < 4.78 is 0. The quantitative estimate of drug-likeness (QED) is 0.331. The van der Waals surface area contributed by atoms with Gasteiger partial charge in [0.15, 0.2) is 0 Å². The number of aromatic amines is 1. The van der Waals surface area contributed by atoms with Gasteiger partial charge in [0.1, 0.15) is 6.04 Å². The maximum Gasteiger partial charge on any atom is 0.249 e. The van der Waals surface area contributed by atoms with E-state index in [1.807, 2.05) is 72.8 Å². The second-order valence-electron chi connectivity index (χ2n) is 10.4. The first-order chi connectivity index (χ1) is 18.3. The zero-order valence-corrected chi connectivity index (χ0v) is 21.5. The first-order valence-electron chi connectivity index (χ1n) is 12.7. The molecular formula is C30H35N7O2. The number of hydrogen-bond acceptors (Lipinski definition) is 6. The summed E-state index contributed by atoms with van der Waals surface area (Å²) in [5.41, 5.74) is 11.2. The van der Waals surface area contributed by atoms with Crippen LogP contribution in [0.2, 0.25) is 0 Å². The van der Waals surface area contributed by atoms with Crippen LogP contribution in [0.4, 0.5) is 5.69 Å². The molecule has 0 spiro atoms. The summed E-state index contributed by atoms with van der Waals surface area (Å²) in [7, 11) is 0. The van der Waals surface area contributed by atoms with Crippen molar-refractivity contribution in [2.24, 2.45) is 5.73 Å². The maximum absolute atomic E-state index is 13.7. The number of nitrogens with zero attached hydrogens (tertiary/aromatic N) is 4. The molecular weight excluding hydrogens is 490 g/mol. The summed E-state index contributed by atoms with van der Waals surface area (Å²) in [5.74, 6) is 0.193. The third-order valence-corrected chi connectivity index (χ3v) is 6.62. The fourth-order valence-electron chi connectivity index (χ4n) is 4.85. The van der Waals surface area contributed by atoms with E-state index in [-0.39, 0.29) is 25.7 Å². The van der Waals surface area contributed by atoms with Crippen LogP contribution in [0, 0.1) is 0 Å². The highest BCUT2D eigenvalue weighted by Crippen LogP contribution is 2.32. The van der Waals surface area contributed by atoms with E-state index < -0.39 is 11.6 Å². The fourth-order valence-corrected chi connectivity index (χ4v) is 4.85. The Morgan fingerprint density at radius 1 is 1.05 bits per heavy atom. The normalized spacial score (nSPS) is 15.2. The lowest BCUT2D eigenvalue weighted by Gasteiger charge is -2.27. The lowest BCUT2D eigenvalue weighted by atomic mass is 9.98. The molecule has 202 valence electrons. The van der Waals surface area contributed by atoms with Gasteiger partial charge in [-0.25, -0.2) is 0 Å². The Kier molecular flexibility index (Phi) is 8.21. The van der Waals surface area contributed by atoms with Gasteiger partial charge >= 0.3 is 0 Å². The molecule has 39 heavy (non-hydrogen) atoms. The fraction of sp³-hybridized carbons (Fsp3) is 0.300. The number of benzene rings is 3. The third-order valence-electron chi connectivity index (χ3n) is 6.62. The molecule has 1 aliphatic heterocycles. The average Bonchev–Trinajstić information content (AvgIpc) is 3.40. The van der Waals surface area contributed by atoms with Gasteiger partial charge < -0.3 is 16.0 Å². The maximum atomic E-state index is 13.7. The standard InChI is InChI=1S/C29H31N7O2.CH4/c1-29(2,30)17-26(37)31-24-16-15-21-7-3-6-10-25(21)36(28(24)38)18-19-11-13-20(14-12-19)22-8-4-5-9-23(22)27-32-34-35-33-27;/h3-14,24H,15-18,30H2,1-2H3,(H,31,37)(H,32,33,34,35);1H4/t24-;/m1./s1. The van der Waals surface area contributed by atoms with Gasteiger partial charge in [-0.15, -0.1) is 10.2 Å². The molecule has 4 aromatic rings. The van der Waals surface area contributed by atoms with E-state index >= 15 is 0 Å². The summed E-state index contributed by atoms with van der Waals surface area (Å²) in [4.78, 5) is 28.1. The number of tetrazole rings is 1. The molecule has 5 rings (SSSR count). The Labute approximate surface area is 228 Å². The highest BCUT2D eigenvalue weighted by atomic mass is 16.2. The Bertz CT molecular complexity index is 1430. The second kappa shape index (κ2) is 11.6. The van der Waals surface area contributed by atoms with Gasteiger partial charge in [-0.05, 0) is 60.2 Å². The molecule has 9 nitrogen and oxygen atoms in total. The van der Waals surface area contributed by atoms with Crippen molar-refractivity contribution in [3.05, 3.63) is 83.9 Å². The van der Waals surface area contributed by atoms with Crippen LogP contribution < -0.4 is 16.0 Å². The molecule has 0 saturated carbocycles. The van der Waals surface area contributed by atoms with E-state index in [0.717, 1.165) is 33.5 Å². The number of rotatable bonds is 7. The Morgan fingerprint density at radius 3 is 2.44 bits per heavy atom. The second-order valence-corrected chi connectivity index (χ2v) is 10.4. The van der Waals surface area contributed by atoms with Crippen LogP contribution >= 0.6 is 0 Å². The number of aromatic nitrogens is 4. The van der Waals surface area contributed by atoms with Gasteiger partial charge in [0.25, 0.3) is 0 Å². The minimum Gasteiger partial charge on any atom is -0.344 e. The number of carbonyl (C=O) groups excluding carboxylic acids is 2. The number of fused-ring (bicyclic) bond motifs is 1. The molecule has 0 fully saturated rings. The molecule has 3 aromatic carbocycles. The van der Waals surface area contributed by atoms with E-state index in [1.54, 1.807) is 18.7 Å². The highest BCUT2D eigenvalue weighted by molar-refractivity contribution is 6.00. The lowest BCUT2D eigenvalue weighted by molar-refractivity contribution is -0.128. The number of nitrogens with one attached hydrogen (secondary N) is 2. The van der Waals surface area contributed by atoms with E-state index in [9.17, 15) is 9.59 Å². The molecule has 0 bridgehead atoms. The molecule has 1 aliphatic rings. The number of carbonyl (C=O) groups is 2. The van der Waals surface area contributed by atoms with Gasteiger partial charge in [-0.1, -0.05) is 74.2 Å². The molecule has 2 amide bonds. The van der Waals surface area contributed by atoms with Crippen LogP contribution in [0.25, 0.3) is 22.5 Å². The number of H-pyrrole nitrogens is 1. The zero-order chi connectivity index (χ0) is 26.7. The largest absolute Gasteiger partial charge is 0.344 e. The van der Waals surface area contributed by atoms with Crippen molar-refractivity contribution in [3.63, 3.8) is 0 Å². The van der Waals surface area contributed by atoms with Crippen molar-refractivity contribution in [1.82, 2.24) is 25.9 Å². The topological polar surface area (TPSA) is 130 Å². The Morgan fingerprint density at radius 2 is 1.74 bits per heavy atom. The molecule has 0 radical (unpaired) electrons. The van der Waals surface area contributed by atoms with Crippen molar-refractivity contribution in [2.75, 3.05) is 4.90 Å². The van der Waals surface area contributed by atoms with Crippen molar-refractivity contribution >= 4 is 17.5 Å². The molecule has 1 atom stereocenters. The predicted molar refractivity (Wildman–Crippen MR) is 153 cm³/mol. The average molecular weight is 526 g/mol. The van der Waals surface area contributed by atoms with Gasteiger partial charge in [-0.3, -0.25) is 9.59 Å². The summed E-state index contributed by atoms with van der Waals surface area (Å²) in [6, 6.07) is 23.3. The summed E-state index contributed by atoms with van der Waals surface area (Å²) >= 11 is 0. The van der Waals surface area contributed by atoms with Gasteiger partial charge in [0, 0.05) is 23.2 Å². The SMILES string of the molecule is C.CC(C)(N)CC(=O)N[C@@H]1CCc2ccccc2N(Cc2ccc(-c3ccccc3-c3nn[nH]n3)cc2)C1=O. The summed E-state index contributed by atoms with van der Waals surface area (Å²) in [6.07, 6.45) is 1.38. The smallest absolute Gasteiger partial charge is 0.249 e.